The molecule has 0 saturated carbocycles. The summed E-state index contributed by atoms with van der Waals surface area (Å²) in [5.41, 5.74) is -2.28. The summed E-state index contributed by atoms with van der Waals surface area (Å²) in [6, 6.07) is 4.53. The van der Waals surface area contributed by atoms with E-state index in [9.17, 15) is 34.8 Å². The lowest BCUT2D eigenvalue weighted by Crippen LogP contribution is -2.59. The molecule has 5 rings (SSSR count). The predicted molar refractivity (Wildman–Crippen MR) is 222 cm³/mol. The number of ketones is 1. The Labute approximate surface area is 362 Å². The number of benzene rings is 1. The molecule has 2 aromatic rings. The second-order valence-corrected chi connectivity index (χ2v) is 18.6. The first-order valence-corrected chi connectivity index (χ1v) is 21.7. The first kappa shape index (κ1) is 48.1. The molecule has 0 unspecified atom stereocenters. The highest BCUT2D eigenvalue weighted by Crippen LogP contribution is 2.38. The molecule has 336 valence electrons. The fourth-order valence-electron chi connectivity index (χ4n) is 9.09. The van der Waals surface area contributed by atoms with E-state index in [2.05, 4.69) is 10.3 Å². The van der Waals surface area contributed by atoms with Crippen LogP contribution in [0.4, 0.5) is 10.5 Å². The number of hydrogen-bond donors (Lipinski definition) is 4. The summed E-state index contributed by atoms with van der Waals surface area (Å²) in [4.78, 5) is 43.2. The van der Waals surface area contributed by atoms with E-state index in [4.69, 9.17) is 42.1 Å². The molecule has 3 aliphatic rings. The van der Waals surface area contributed by atoms with Gasteiger partial charge in [0.25, 0.3) is 0 Å². The van der Waals surface area contributed by atoms with Crippen molar-refractivity contribution in [3.63, 3.8) is 0 Å². The quantitative estimate of drug-likeness (QED) is 0.244. The van der Waals surface area contributed by atoms with Gasteiger partial charge in [0.1, 0.15) is 29.7 Å². The number of ether oxygens (including phenoxy) is 4. The van der Waals surface area contributed by atoms with E-state index in [0.717, 1.165) is 0 Å². The number of Topliss-reactive ketones (excluding diaryl/α,β-unsaturated/α-hetero) is 1. The summed E-state index contributed by atoms with van der Waals surface area (Å²) in [5.74, 6) is -3.95. The summed E-state index contributed by atoms with van der Waals surface area (Å²) >= 11 is 12.2. The maximum atomic E-state index is 13.7. The van der Waals surface area contributed by atoms with Crippen molar-refractivity contribution in [2.45, 2.75) is 154 Å². The van der Waals surface area contributed by atoms with Gasteiger partial charge in [-0.15, -0.1) is 5.10 Å². The van der Waals surface area contributed by atoms with Crippen LogP contribution in [0, 0.1) is 23.7 Å². The van der Waals surface area contributed by atoms with E-state index in [1.165, 1.54) is 18.7 Å². The summed E-state index contributed by atoms with van der Waals surface area (Å²) in [5, 5.41) is 55.8. The molecule has 3 fully saturated rings. The number of carbonyl (C=O) groups excluding carboxylic acids is 3. The number of amides is 1. The van der Waals surface area contributed by atoms with Gasteiger partial charge >= 0.3 is 12.1 Å². The molecule has 4 heterocycles. The Bertz CT molecular complexity index is 1810. The number of nitrogens with zero attached hydrogens (tertiary/aromatic N) is 5. The van der Waals surface area contributed by atoms with Crippen molar-refractivity contribution in [1.29, 1.82) is 0 Å². The molecule has 0 aliphatic carbocycles. The minimum Gasteiger partial charge on any atom is -0.459 e. The van der Waals surface area contributed by atoms with Crippen LogP contribution in [0.15, 0.2) is 24.4 Å². The third kappa shape index (κ3) is 11.0. The van der Waals surface area contributed by atoms with Gasteiger partial charge in [0.05, 0.1) is 58.7 Å². The maximum Gasteiger partial charge on any atom is 0.414 e. The molecule has 18 heteroatoms. The van der Waals surface area contributed by atoms with E-state index in [0.29, 0.717) is 53.9 Å². The highest BCUT2D eigenvalue weighted by molar-refractivity contribution is 6.42. The third-order valence-corrected chi connectivity index (χ3v) is 13.3. The number of aliphatic hydroxyl groups is 4. The van der Waals surface area contributed by atoms with Crippen molar-refractivity contribution < 1.29 is 53.8 Å². The number of halogens is 2. The van der Waals surface area contributed by atoms with Gasteiger partial charge in [-0.05, 0) is 77.6 Å². The van der Waals surface area contributed by atoms with Crippen LogP contribution in [-0.2, 0) is 41.5 Å². The van der Waals surface area contributed by atoms with Crippen LogP contribution < -0.4 is 4.90 Å². The van der Waals surface area contributed by atoms with Crippen molar-refractivity contribution in [2.75, 3.05) is 25.0 Å². The molecule has 0 bridgehead atoms. The zero-order valence-electron chi connectivity index (χ0n) is 36.0. The number of esters is 1. The Hall–Kier alpha value is -2.93. The summed E-state index contributed by atoms with van der Waals surface area (Å²) < 4.78 is 25.7. The van der Waals surface area contributed by atoms with Crippen LogP contribution in [0.3, 0.4) is 0 Å². The number of likely N-dealkylation sites (N-methyl/N-ethyl adjacent to an activating group) is 1. The number of carbonyl (C=O) groups is 3. The fourth-order valence-corrected chi connectivity index (χ4v) is 9.39. The molecule has 0 spiro atoms. The zero-order chi connectivity index (χ0) is 44.4. The Kier molecular flexibility index (Phi) is 15.7. The molecular formula is C42H63Cl2N5O11. The van der Waals surface area contributed by atoms with Crippen molar-refractivity contribution in [1.82, 2.24) is 19.9 Å². The lowest BCUT2D eigenvalue weighted by Gasteiger charge is -2.46. The van der Waals surface area contributed by atoms with Crippen LogP contribution in [-0.4, -0.2) is 138 Å². The van der Waals surface area contributed by atoms with Crippen molar-refractivity contribution in [3.05, 3.63) is 40.1 Å². The van der Waals surface area contributed by atoms with E-state index >= 15 is 0 Å². The third-order valence-electron chi connectivity index (χ3n) is 12.5. The van der Waals surface area contributed by atoms with Gasteiger partial charge in [0.2, 0.25) is 0 Å². The SMILES string of the molecule is CC[C@H]1OC(=O)[C@H](C)C[C@H](C)[C@@H](O[C@@H]2O[C@H](C)C[C@H](N(C)CCc3cn(C[C@H]4CN(c5ccc(Cl)c(Cl)c5)C(=O)O4)nn3)[C@H]2O)[C@](C)(O)C[C@@H](C)C(=O)[C@H](C)[C@@H](O)[C@]1(C)O. The van der Waals surface area contributed by atoms with Crippen LogP contribution >= 0.6 is 23.2 Å². The Morgan fingerprint density at radius 2 is 1.70 bits per heavy atom. The summed E-state index contributed by atoms with van der Waals surface area (Å²) in [6.45, 7) is 14.3. The van der Waals surface area contributed by atoms with Gasteiger partial charge in [-0.2, -0.15) is 0 Å². The normalized spacial score (nSPS) is 37.5. The second-order valence-electron chi connectivity index (χ2n) is 17.8. The summed E-state index contributed by atoms with van der Waals surface area (Å²) in [6.07, 6.45) is -4.08. The smallest absolute Gasteiger partial charge is 0.414 e. The van der Waals surface area contributed by atoms with Crippen molar-refractivity contribution >= 4 is 46.7 Å². The highest BCUT2D eigenvalue weighted by atomic mass is 35.5. The number of hydrogen-bond acceptors (Lipinski definition) is 14. The first-order valence-electron chi connectivity index (χ1n) is 20.9. The average molecular weight is 885 g/mol. The monoisotopic (exact) mass is 883 g/mol. The Morgan fingerprint density at radius 1 is 1.00 bits per heavy atom. The maximum absolute atomic E-state index is 13.7. The number of aromatic nitrogens is 3. The van der Waals surface area contributed by atoms with Crippen LogP contribution in [0.25, 0.3) is 0 Å². The second kappa shape index (κ2) is 19.6. The number of rotatable bonds is 10. The van der Waals surface area contributed by atoms with E-state index < -0.39 is 89.8 Å². The lowest BCUT2D eigenvalue weighted by atomic mass is 9.74. The number of anilines is 1. The number of aliphatic hydroxyl groups excluding tert-OH is 2. The Balaban J connectivity index is 1.25. The standard InChI is InChI=1S/C42H63Cl2N5O11/c1-10-33-42(8,56)36(52)26(6)34(50)24(4)18-41(7,55)37(22(2)15-23(3)38(53)59-33)60-39-35(51)32(16-25(5)57-39)47(9)14-13-27-19-48(46-45-27)20-29-21-49(40(54)58-29)28-11-12-30(43)31(44)17-28/h11-12,17,19,22-26,29,32-33,35-37,39,51-52,55-56H,10,13-16,18,20-21H2,1-9H3/t22-,23+,24+,25+,26-,29-,32-,33+,35+,36+,37+,39-,41+,42+/m0/s1. The molecule has 1 aromatic carbocycles. The van der Waals surface area contributed by atoms with Gasteiger partial charge in [0.15, 0.2) is 6.29 Å². The lowest BCUT2D eigenvalue weighted by molar-refractivity contribution is -0.295. The minimum absolute atomic E-state index is 0.0584. The Morgan fingerprint density at radius 3 is 2.37 bits per heavy atom. The predicted octanol–water partition coefficient (Wildman–Crippen LogP) is 4.43. The highest BCUT2D eigenvalue weighted by Gasteiger charge is 2.50. The van der Waals surface area contributed by atoms with Crippen LogP contribution in [0.5, 0.6) is 0 Å². The van der Waals surface area contributed by atoms with Gasteiger partial charge in [0, 0.05) is 42.7 Å². The first-order chi connectivity index (χ1) is 28.0. The fraction of sp³-hybridized carbons (Fsp3) is 0.738. The van der Waals surface area contributed by atoms with Crippen LogP contribution in [0.1, 0.15) is 86.8 Å². The minimum atomic E-state index is -1.90. The van der Waals surface area contributed by atoms with Crippen molar-refractivity contribution in [3.8, 4) is 0 Å². The average Bonchev–Trinajstić information content (AvgIpc) is 3.80. The molecule has 0 radical (unpaired) electrons. The van der Waals surface area contributed by atoms with E-state index in [-0.39, 0.29) is 31.1 Å². The topological polar surface area (TPSA) is 206 Å². The summed E-state index contributed by atoms with van der Waals surface area (Å²) in [7, 11) is 1.89. The van der Waals surface area contributed by atoms with Gasteiger partial charge < -0.3 is 44.3 Å². The van der Waals surface area contributed by atoms with Gasteiger partial charge in [-0.25, -0.2) is 9.48 Å². The molecule has 3 aliphatic heterocycles. The molecule has 4 N–H and O–H groups in total. The van der Waals surface area contributed by atoms with Crippen LogP contribution in [0.2, 0.25) is 10.0 Å². The van der Waals surface area contributed by atoms with Crippen molar-refractivity contribution in [2.24, 2.45) is 23.7 Å². The zero-order valence-corrected chi connectivity index (χ0v) is 37.5. The van der Waals surface area contributed by atoms with E-state index in [1.807, 2.05) is 25.8 Å². The molecule has 60 heavy (non-hydrogen) atoms. The molecule has 1 aromatic heterocycles. The largest absolute Gasteiger partial charge is 0.459 e. The van der Waals surface area contributed by atoms with E-state index in [1.54, 1.807) is 56.8 Å². The van der Waals surface area contributed by atoms with Gasteiger partial charge in [-0.3, -0.25) is 14.5 Å². The molecule has 3 saturated heterocycles. The molecular weight excluding hydrogens is 821 g/mol. The molecule has 1 amide bonds. The van der Waals surface area contributed by atoms with Gasteiger partial charge in [-0.1, -0.05) is 63.0 Å². The molecule has 16 nitrogen and oxygen atoms in total. The number of cyclic esters (lactones) is 2. The molecule has 14 atom stereocenters.